The van der Waals surface area contributed by atoms with Crippen molar-refractivity contribution in [3.8, 4) is 10.6 Å². The van der Waals surface area contributed by atoms with Crippen molar-refractivity contribution in [2.45, 2.75) is 31.5 Å². The SMILES string of the molecule is O=C(O)N1C2CCC1CN(c1nc3cc(CO)cc(-c4nccs4)c3o1)C2. The van der Waals surface area contributed by atoms with Crippen molar-refractivity contribution in [3.05, 3.63) is 29.3 Å². The summed E-state index contributed by atoms with van der Waals surface area (Å²) in [5.41, 5.74) is 2.89. The number of oxazole rings is 1. The van der Waals surface area contributed by atoms with Gasteiger partial charge in [0.1, 0.15) is 10.5 Å². The van der Waals surface area contributed by atoms with Crippen LogP contribution in [0.25, 0.3) is 21.7 Å². The molecule has 140 valence electrons. The van der Waals surface area contributed by atoms with Gasteiger partial charge < -0.3 is 19.5 Å². The number of nitrogens with zero attached hydrogens (tertiary/aromatic N) is 4. The molecule has 0 spiro atoms. The molecule has 0 aliphatic carbocycles. The van der Waals surface area contributed by atoms with Gasteiger partial charge in [-0.3, -0.25) is 4.90 Å². The molecule has 1 amide bonds. The molecule has 2 saturated heterocycles. The van der Waals surface area contributed by atoms with Crippen molar-refractivity contribution in [1.29, 1.82) is 0 Å². The van der Waals surface area contributed by atoms with E-state index in [0.29, 0.717) is 30.2 Å². The lowest BCUT2D eigenvalue weighted by Crippen LogP contribution is -2.55. The van der Waals surface area contributed by atoms with E-state index in [-0.39, 0.29) is 18.7 Å². The molecule has 9 heteroatoms. The average molecular weight is 386 g/mol. The molecular formula is C18H18N4O4S. The highest BCUT2D eigenvalue weighted by Gasteiger charge is 2.43. The van der Waals surface area contributed by atoms with E-state index >= 15 is 0 Å². The number of hydrogen-bond donors (Lipinski definition) is 2. The third-order valence-corrected chi connectivity index (χ3v) is 6.16. The van der Waals surface area contributed by atoms with Crippen molar-refractivity contribution < 1.29 is 19.4 Å². The van der Waals surface area contributed by atoms with Gasteiger partial charge >= 0.3 is 6.09 Å². The molecule has 3 aromatic rings. The van der Waals surface area contributed by atoms with Crippen LogP contribution in [-0.2, 0) is 6.61 Å². The van der Waals surface area contributed by atoms with Gasteiger partial charge in [0.25, 0.3) is 6.01 Å². The highest BCUT2D eigenvalue weighted by molar-refractivity contribution is 7.13. The van der Waals surface area contributed by atoms with Crippen LogP contribution >= 0.6 is 11.3 Å². The first-order chi connectivity index (χ1) is 13.1. The molecule has 0 radical (unpaired) electrons. The summed E-state index contributed by atoms with van der Waals surface area (Å²) in [6.07, 6.45) is 2.62. The Labute approximate surface area is 158 Å². The van der Waals surface area contributed by atoms with E-state index < -0.39 is 6.09 Å². The number of hydrogen-bond acceptors (Lipinski definition) is 7. The molecule has 2 fully saturated rings. The van der Waals surface area contributed by atoms with Gasteiger partial charge in [0.2, 0.25) is 0 Å². The summed E-state index contributed by atoms with van der Waals surface area (Å²) in [5.74, 6) is 0. The summed E-state index contributed by atoms with van der Waals surface area (Å²) in [7, 11) is 0. The molecule has 5 rings (SSSR count). The first-order valence-corrected chi connectivity index (χ1v) is 9.72. The van der Waals surface area contributed by atoms with E-state index in [2.05, 4.69) is 9.97 Å². The fourth-order valence-electron chi connectivity index (χ4n) is 4.19. The Morgan fingerprint density at radius 3 is 2.70 bits per heavy atom. The molecule has 0 saturated carbocycles. The Kier molecular flexibility index (Phi) is 3.80. The largest absolute Gasteiger partial charge is 0.465 e. The molecule has 2 aromatic heterocycles. The monoisotopic (exact) mass is 386 g/mol. The molecule has 2 N–H and O–H groups in total. The minimum atomic E-state index is -0.849. The van der Waals surface area contributed by atoms with Crippen molar-refractivity contribution in [3.63, 3.8) is 0 Å². The van der Waals surface area contributed by atoms with E-state index in [1.165, 1.54) is 11.3 Å². The number of carbonyl (C=O) groups is 1. The van der Waals surface area contributed by atoms with Crippen LogP contribution in [0.15, 0.2) is 28.1 Å². The number of fused-ring (bicyclic) bond motifs is 3. The van der Waals surface area contributed by atoms with Crippen LogP contribution in [0.1, 0.15) is 18.4 Å². The van der Waals surface area contributed by atoms with Gasteiger partial charge in [0.15, 0.2) is 5.58 Å². The lowest BCUT2D eigenvalue weighted by Gasteiger charge is -2.38. The number of amides is 1. The molecular weight excluding hydrogens is 368 g/mol. The quantitative estimate of drug-likeness (QED) is 0.713. The highest BCUT2D eigenvalue weighted by atomic mass is 32.1. The molecule has 4 heterocycles. The van der Waals surface area contributed by atoms with E-state index in [4.69, 9.17) is 4.42 Å². The second-order valence-corrected chi connectivity index (χ2v) is 7.86. The maximum absolute atomic E-state index is 11.5. The number of thiazole rings is 1. The summed E-state index contributed by atoms with van der Waals surface area (Å²) in [6.45, 7) is 1.07. The standard InChI is InChI=1S/C18H18N4O4S/c23-9-10-5-13(16-19-3-4-27-16)15-14(6-10)20-17(26-15)21-7-11-1-2-12(8-21)22(11)18(24)25/h3-6,11-12,23H,1-2,7-9H2,(H,24,25). The van der Waals surface area contributed by atoms with E-state index in [1.54, 1.807) is 11.1 Å². The number of aliphatic hydroxyl groups is 1. The highest BCUT2D eigenvalue weighted by Crippen LogP contribution is 2.37. The minimum absolute atomic E-state index is 0.0253. The molecule has 2 aliphatic heterocycles. The zero-order valence-electron chi connectivity index (χ0n) is 14.4. The van der Waals surface area contributed by atoms with Crippen LogP contribution < -0.4 is 4.90 Å². The van der Waals surface area contributed by atoms with Crippen LogP contribution in [0.3, 0.4) is 0 Å². The Morgan fingerprint density at radius 2 is 2.07 bits per heavy atom. The van der Waals surface area contributed by atoms with Crippen molar-refractivity contribution >= 4 is 34.5 Å². The topological polar surface area (TPSA) is 103 Å². The molecule has 27 heavy (non-hydrogen) atoms. The first kappa shape index (κ1) is 16.5. The Bertz CT molecular complexity index is 988. The summed E-state index contributed by atoms with van der Waals surface area (Å²) in [5, 5.41) is 21.7. The fourth-order valence-corrected chi connectivity index (χ4v) is 4.84. The second-order valence-electron chi connectivity index (χ2n) is 6.96. The number of aromatic nitrogens is 2. The maximum atomic E-state index is 11.5. The van der Waals surface area contributed by atoms with Crippen LogP contribution in [-0.4, -0.2) is 56.3 Å². The predicted octanol–water partition coefficient (Wildman–Crippen LogP) is 2.77. The number of rotatable bonds is 3. The number of benzene rings is 1. The van der Waals surface area contributed by atoms with Gasteiger partial charge in [-0.2, -0.15) is 4.98 Å². The van der Waals surface area contributed by atoms with E-state index in [1.807, 2.05) is 22.4 Å². The second kappa shape index (κ2) is 6.21. The molecule has 1 aromatic carbocycles. The zero-order valence-corrected chi connectivity index (χ0v) is 15.2. The Balaban J connectivity index is 1.54. The third kappa shape index (κ3) is 2.65. The van der Waals surface area contributed by atoms with Crippen molar-refractivity contribution in [1.82, 2.24) is 14.9 Å². The molecule has 8 nitrogen and oxygen atoms in total. The molecule has 2 unspecified atom stereocenters. The minimum Gasteiger partial charge on any atom is -0.465 e. The van der Waals surface area contributed by atoms with Crippen LogP contribution in [0.2, 0.25) is 0 Å². The lowest BCUT2D eigenvalue weighted by molar-refractivity contribution is 0.114. The number of anilines is 1. The average Bonchev–Trinajstić information content (AvgIpc) is 3.38. The summed E-state index contributed by atoms with van der Waals surface area (Å²) in [4.78, 5) is 24.1. The Hall–Kier alpha value is -2.65. The van der Waals surface area contributed by atoms with Gasteiger partial charge in [0.05, 0.1) is 24.3 Å². The van der Waals surface area contributed by atoms with Gasteiger partial charge in [-0.15, -0.1) is 11.3 Å². The smallest absolute Gasteiger partial charge is 0.407 e. The number of aliphatic hydroxyl groups excluding tert-OH is 1. The van der Waals surface area contributed by atoms with Crippen LogP contribution in [0.4, 0.5) is 10.8 Å². The predicted molar refractivity (Wildman–Crippen MR) is 99.9 cm³/mol. The summed E-state index contributed by atoms with van der Waals surface area (Å²) < 4.78 is 6.12. The van der Waals surface area contributed by atoms with Crippen molar-refractivity contribution in [2.24, 2.45) is 0 Å². The van der Waals surface area contributed by atoms with Crippen molar-refractivity contribution in [2.75, 3.05) is 18.0 Å². The van der Waals surface area contributed by atoms with E-state index in [9.17, 15) is 15.0 Å². The Morgan fingerprint density at radius 1 is 1.30 bits per heavy atom. The zero-order chi connectivity index (χ0) is 18.5. The van der Waals surface area contributed by atoms with Gasteiger partial charge in [-0.1, -0.05) is 0 Å². The number of piperazine rings is 1. The number of carboxylic acid groups (broad SMARTS) is 1. The lowest BCUT2D eigenvalue weighted by atomic mass is 10.1. The van der Waals surface area contributed by atoms with Crippen LogP contribution in [0, 0.1) is 0 Å². The summed E-state index contributed by atoms with van der Waals surface area (Å²) in [6, 6.07) is 4.15. The third-order valence-electron chi connectivity index (χ3n) is 5.36. The maximum Gasteiger partial charge on any atom is 0.407 e. The van der Waals surface area contributed by atoms with Gasteiger partial charge in [-0.25, -0.2) is 9.78 Å². The van der Waals surface area contributed by atoms with Gasteiger partial charge in [-0.05, 0) is 30.5 Å². The van der Waals surface area contributed by atoms with Crippen LogP contribution in [0.5, 0.6) is 0 Å². The first-order valence-electron chi connectivity index (χ1n) is 8.84. The van der Waals surface area contributed by atoms with E-state index in [0.717, 1.165) is 29.0 Å². The normalized spacial score (nSPS) is 22.0. The summed E-state index contributed by atoms with van der Waals surface area (Å²) >= 11 is 1.50. The fraction of sp³-hybridized carbons (Fsp3) is 0.389. The molecule has 2 aliphatic rings. The molecule has 2 bridgehead atoms. The molecule has 2 atom stereocenters. The van der Waals surface area contributed by atoms with Gasteiger partial charge in [0, 0.05) is 24.7 Å².